The van der Waals surface area contributed by atoms with Crippen LogP contribution >= 0.6 is 23.2 Å². The van der Waals surface area contributed by atoms with Gasteiger partial charge in [0.15, 0.2) is 5.03 Å². The quantitative estimate of drug-likeness (QED) is 0.200. The van der Waals surface area contributed by atoms with Crippen LogP contribution in [0.5, 0.6) is 0 Å². The van der Waals surface area contributed by atoms with Crippen molar-refractivity contribution < 1.29 is 9.83 Å². The number of aromatic nitrogens is 1. The lowest BCUT2D eigenvalue weighted by molar-refractivity contribution is -0.485. The number of urea groups is 1. The van der Waals surface area contributed by atoms with E-state index in [1.54, 1.807) is 17.2 Å². The van der Waals surface area contributed by atoms with Crippen molar-refractivity contribution in [3.63, 3.8) is 0 Å². The number of nitrogens with one attached hydrogen (secondary N) is 2. The number of pyridine rings is 1. The molecule has 0 spiro atoms. The molecule has 210 valence electrons. The zero-order chi connectivity index (χ0) is 28.3. The van der Waals surface area contributed by atoms with E-state index in [9.17, 15) is 14.9 Å². The summed E-state index contributed by atoms with van der Waals surface area (Å²) in [7, 11) is 0. The van der Waals surface area contributed by atoms with Crippen LogP contribution in [0.4, 0.5) is 10.5 Å². The maximum atomic E-state index is 12.8. The number of halogens is 2. The normalized spacial score (nSPS) is 15.8. The molecule has 5 rings (SSSR count). The topological polar surface area (TPSA) is 116 Å². The Labute approximate surface area is 243 Å². The first kappa shape index (κ1) is 29.1. The van der Waals surface area contributed by atoms with Gasteiger partial charge in [-0.3, -0.25) is 0 Å². The number of amides is 2. The average molecular weight is 585 g/mol. The lowest BCUT2D eigenvalue weighted by Gasteiger charge is -2.29. The molecular weight excluding hydrogens is 553 g/mol. The van der Waals surface area contributed by atoms with Crippen LogP contribution in [0.25, 0.3) is 0 Å². The molecular formula is C28H31Cl2N7O3. The second-order valence-corrected chi connectivity index (χ2v) is 10.3. The molecule has 1 saturated heterocycles. The predicted octanol–water partition coefficient (Wildman–Crippen LogP) is 6.00. The summed E-state index contributed by atoms with van der Waals surface area (Å²) in [5.41, 5.74) is 2.86. The van der Waals surface area contributed by atoms with E-state index in [2.05, 4.69) is 20.7 Å². The third kappa shape index (κ3) is 8.82. The van der Waals surface area contributed by atoms with E-state index in [0.29, 0.717) is 37.4 Å². The maximum absolute atomic E-state index is 12.8. The average Bonchev–Trinajstić information content (AvgIpc) is 3.63. The van der Waals surface area contributed by atoms with E-state index < -0.39 is 5.03 Å². The van der Waals surface area contributed by atoms with Gasteiger partial charge in [-0.15, -0.1) is 0 Å². The van der Waals surface area contributed by atoms with Gasteiger partial charge in [0.25, 0.3) is 5.96 Å². The summed E-state index contributed by atoms with van der Waals surface area (Å²) in [6.07, 6.45) is 6.19. The Morgan fingerprint density at radius 3 is 2.42 bits per heavy atom. The number of rotatable bonds is 7. The Bertz CT molecular complexity index is 1290. The first-order valence-corrected chi connectivity index (χ1v) is 13.8. The first-order valence-electron chi connectivity index (χ1n) is 13.1. The third-order valence-electron chi connectivity index (χ3n) is 6.62. The summed E-state index contributed by atoms with van der Waals surface area (Å²) in [5.74, 6) is 0.282. The Morgan fingerprint density at radius 1 is 1.07 bits per heavy atom. The van der Waals surface area contributed by atoms with Crippen LogP contribution < -0.4 is 10.6 Å². The van der Waals surface area contributed by atoms with Crippen molar-refractivity contribution in [2.75, 3.05) is 18.4 Å². The Balaban J connectivity index is 0.000000194. The summed E-state index contributed by atoms with van der Waals surface area (Å²) >= 11 is 11.6. The predicted molar refractivity (Wildman–Crippen MR) is 157 cm³/mol. The van der Waals surface area contributed by atoms with Gasteiger partial charge < -0.3 is 20.4 Å². The van der Waals surface area contributed by atoms with E-state index in [-0.39, 0.29) is 12.0 Å². The number of nitrogens with zero attached hydrogens (tertiary/aromatic N) is 5. The van der Waals surface area contributed by atoms with Crippen molar-refractivity contribution in [2.24, 2.45) is 5.10 Å². The molecule has 2 N–H and O–H groups in total. The number of hydrogen-bond acceptors (Lipinski definition) is 4. The minimum atomic E-state index is -0.708. The van der Waals surface area contributed by atoms with Gasteiger partial charge in [-0.25, -0.2) is 19.9 Å². The van der Waals surface area contributed by atoms with Crippen LogP contribution in [-0.2, 0) is 13.1 Å². The van der Waals surface area contributed by atoms with Crippen molar-refractivity contribution >= 4 is 40.9 Å². The summed E-state index contributed by atoms with van der Waals surface area (Å²) in [4.78, 5) is 30.8. The van der Waals surface area contributed by atoms with E-state index in [1.807, 2.05) is 65.6 Å². The van der Waals surface area contributed by atoms with Gasteiger partial charge in [0.2, 0.25) is 0 Å². The summed E-state index contributed by atoms with van der Waals surface area (Å²) in [5, 5.41) is 19.9. The maximum Gasteiger partial charge on any atom is 0.322 e. The lowest BCUT2D eigenvalue weighted by atomic mass is 10.1. The number of para-hydroxylation sites is 1. The molecule has 12 heteroatoms. The largest absolute Gasteiger partial charge is 0.349 e. The number of hydrogen-bond donors (Lipinski definition) is 2. The standard InChI is InChI=1S/C19H21ClN2O.C9H10ClN5O2/c20-16-12-10-15(11-13-16)14-22(18-8-4-5-9-18)19(23)21-17-6-2-1-3-7-17;10-8-2-1-7(5-12-8)6-14-4-3-11-9(14)13-15(16)17/h1-3,6-7,10-13,18H,4-5,8-9,14H2,(H,21,23);1-2,5H,3-4,6H2,(H,11,13). The van der Waals surface area contributed by atoms with Crippen LogP contribution in [0, 0.1) is 10.1 Å². The fourth-order valence-corrected chi connectivity index (χ4v) is 4.89. The van der Waals surface area contributed by atoms with Crippen molar-refractivity contribution in [1.82, 2.24) is 20.1 Å². The van der Waals surface area contributed by atoms with Crippen molar-refractivity contribution in [3.05, 3.63) is 104 Å². The van der Waals surface area contributed by atoms with Crippen molar-refractivity contribution in [2.45, 2.75) is 44.8 Å². The smallest absolute Gasteiger partial charge is 0.322 e. The van der Waals surface area contributed by atoms with Crippen LogP contribution in [0.3, 0.4) is 0 Å². The van der Waals surface area contributed by atoms with E-state index in [1.165, 1.54) is 12.8 Å². The fourth-order valence-electron chi connectivity index (χ4n) is 4.66. The molecule has 3 aromatic rings. The second kappa shape index (κ2) is 14.5. The molecule has 2 heterocycles. The summed E-state index contributed by atoms with van der Waals surface area (Å²) < 4.78 is 0. The molecule has 0 bridgehead atoms. The Morgan fingerprint density at radius 2 is 1.77 bits per heavy atom. The van der Waals surface area contributed by atoms with Crippen LogP contribution in [0.2, 0.25) is 10.2 Å². The number of anilines is 1. The number of hydrazone groups is 1. The van der Waals surface area contributed by atoms with Gasteiger partial charge in [-0.2, -0.15) is 0 Å². The molecule has 1 aliphatic carbocycles. The van der Waals surface area contributed by atoms with Crippen LogP contribution in [0.15, 0.2) is 78.0 Å². The zero-order valence-electron chi connectivity index (χ0n) is 21.9. The summed E-state index contributed by atoms with van der Waals surface area (Å²) in [6.45, 7) is 2.45. The number of carbonyl (C=O) groups excluding carboxylic acids is 1. The minimum absolute atomic E-state index is 0.0296. The van der Waals surface area contributed by atoms with Gasteiger partial charge in [-0.05, 0) is 54.3 Å². The fraction of sp³-hybridized carbons (Fsp3) is 0.321. The molecule has 10 nitrogen and oxygen atoms in total. The second-order valence-electron chi connectivity index (χ2n) is 9.49. The molecule has 1 aromatic heterocycles. The van der Waals surface area contributed by atoms with E-state index in [0.717, 1.165) is 34.7 Å². The molecule has 0 radical (unpaired) electrons. The Kier molecular flexibility index (Phi) is 10.5. The summed E-state index contributed by atoms with van der Waals surface area (Å²) in [6, 6.07) is 21.1. The van der Waals surface area contributed by atoms with Crippen LogP contribution in [0.1, 0.15) is 36.8 Å². The molecule has 2 aliphatic rings. The van der Waals surface area contributed by atoms with Crippen LogP contribution in [-0.4, -0.2) is 50.9 Å². The van der Waals surface area contributed by atoms with E-state index >= 15 is 0 Å². The molecule has 1 aliphatic heterocycles. The van der Waals surface area contributed by atoms with Gasteiger partial charge in [0.05, 0.1) is 0 Å². The monoisotopic (exact) mass is 583 g/mol. The third-order valence-corrected chi connectivity index (χ3v) is 7.10. The number of nitro groups is 1. The molecule has 1 saturated carbocycles. The molecule has 40 heavy (non-hydrogen) atoms. The highest BCUT2D eigenvalue weighted by molar-refractivity contribution is 6.30. The van der Waals surface area contributed by atoms with E-state index in [4.69, 9.17) is 23.2 Å². The highest BCUT2D eigenvalue weighted by Gasteiger charge is 2.27. The van der Waals surface area contributed by atoms with Gasteiger partial charge >= 0.3 is 6.03 Å². The molecule has 0 atom stereocenters. The highest BCUT2D eigenvalue weighted by Crippen LogP contribution is 2.26. The molecule has 2 amide bonds. The van der Waals surface area contributed by atoms with Crippen molar-refractivity contribution in [1.29, 1.82) is 0 Å². The van der Waals surface area contributed by atoms with Gasteiger partial charge in [-0.1, -0.05) is 72.4 Å². The van der Waals surface area contributed by atoms with Gasteiger partial charge in [0.1, 0.15) is 10.3 Å². The number of guanidine groups is 1. The zero-order valence-corrected chi connectivity index (χ0v) is 23.4. The molecule has 2 aromatic carbocycles. The first-order chi connectivity index (χ1) is 19.4. The van der Waals surface area contributed by atoms with Crippen molar-refractivity contribution in [3.8, 4) is 0 Å². The SMILES string of the molecule is O=C(Nc1ccccc1)N(Cc1ccc(Cl)cc1)C1CCCC1.O=[N+]([O-])/N=C1\NCCN1Cc1ccc(Cl)nc1. The van der Waals surface area contributed by atoms with Gasteiger partial charge in [0, 0.05) is 49.1 Å². The highest BCUT2D eigenvalue weighted by atomic mass is 35.5. The minimum Gasteiger partial charge on any atom is -0.349 e. The molecule has 0 unspecified atom stereocenters. The number of benzene rings is 2. The number of carbonyl (C=O) groups is 1. The lowest BCUT2D eigenvalue weighted by Crippen LogP contribution is -2.41. The Hall–Kier alpha value is -3.89. The molecule has 2 fully saturated rings.